The van der Waals surface area contributed by atoms with Gasteiger partial charge in [0.25, 0.3) is 0 Å². The third-order valence-electron chi connectivity index (χ3n) is 4.98. The summed E-state index contributed by atoms with van der Waals surface area (Å²) in [6.45, 7) is 2.86. The minimum atomic E-state index is -0.240. The van der Waals surface area contributed by atoms with E-state index >= 15 is 0 Å². The highest BCUT2D eigenvalue weighted by Gasteiger charge is 2.20. The topological polar surface area (TPSA) is 48.9 Å². The summed E-state index contributed by atoms with van der Waals surface area (Å²) in [7, 11) is 3.34. The second-order valence-electron chi connectivity index (χ2n) is 7.05. The predicted molar refractivity (Wildman–Crippen MR) is 112 cm³/mol. The molecule has 150 valence electrons. The van der Waals surface area contributed by atoms with E-state index in [-0.39, 0.29) is 12.4 Å². The van der Waals surface area contributed by atoms with Crippen LogP contribution in [0.1, 0.15) is 24.0 Å². The highest BCUT2D eigenvalue weighted by Crippen LogP contribution is 2.19. The van der Waals surface area contributed by atoms with Crippen molar-refractivity contribution in [3.63, 3.8) is 0 Å². The van der Waals surface area contributed by atoms with Crippen molar-refractivity contribution in [1.29, 1.82) is 0 Å². The Hall–Kier alpha value is -2.60. The molecule has 0 radical (unpaired) electrons. The number of hydrogen-bond donors (Lipinski definition) is 2. The molecule has 1 atom stereocenters. The normalized spacial score (nSPS) is 17.5. The SMILES string of the molecule is CN=C(NCc1ccc(F)c(COC)c1)NC1CCCN(c2ccccc2)C1. The van der Waals surface area contributed by atoms with Gasteiger partial charge in [-0.1, -0.05) is 24.3 Å². The largest absolute Gasteiger partial charge is 0.380 e. The van der Waals surface area contributed by atoms with Gasteiger partial charge in [0.2, 0.25) is 0 Å². The lowest BCUT2D eigenvalue weighted by Gasteiger charge is -2.35. The number of benzene rings is 2. The Morgan fingerprint density at radius 2 is 2.07 bits per heavy atom. The van der Waals surface area contributed by atoms with E-state index in [1.165, 1.54) is 11.8 Å². The summed E-state index contributed by atoms with van der Waals surface area (Å²) >= 11 is 0. The molecule has 0 saturated carbocycles. The van der Waals surface area contributed by atoms with Crippen LogP contribution in [0.15, 0.2) is 53.5 Å². The van der Waals surface area contributed by atoms with Crippen LogP contribution < -0.4 is 15.5 Å². The minimum absolute atomic E-state index is 0.240. The summed E-state index contributed by atoms with van der Waals surface area (Å²) in [5, 5.41) is 6.86. The number of hydrogen-bond acceptors (Lipinski definition) is 3. The lowest BCUT2D eigenvalue weighted by atomic mass is 10.0. The molecule has 0 aliphatic carbocycles. The average molecular weight is 384 g/mol. The molecule has 2 aromatic rings. The Bertz CT molecular complexity index is 781. The summed E-state index contributed by atoms with van der Waals surface area (Å²) in [6, 6.07) is 15.9. The fourth-order valence-electron chi connectivity index (χ4n) is 3.55. The van der Waals surface area contributed by atoms with E-state index in [0.29, 0.717) is 18.2 Å². The van der Waals surface area contributed by atoms with Crippen LogP contribution in [0.25, 0.3) is 0 Å². The number of nitrogens with zero attached hydrogens (tertiary/aromatic N) is 2. The molecule has 1 unspecified atom stereocenters. The standard InChI is InChI=1S/C22H29FN4O/c1-24-22(25-14-17-10-11-21(23)18(13-17)16-28-2)26-19-7-6-12-27(15-19)20-8-4-3-5-9-20/h3-5,8-11,13,19H,6-7,12,14-16H2,1-2H3,(H2,24,25,26). The summed E-state index contributed by atoms with van der Waals surface area (Å²) < 4.78 is 18.8. The van der Waals surface area contributed by atoms with Crippen molar-refractivity contribution in [3.05, 3.63) is 65.5 Å². The van der Waals surface area contributed by atoms with Gasteiger partial charge < -0.3 is 20.3 Å². The van der Waals surface area contributed by atoms with E-state index in [1.807, 2.05) is 12.1 Å². The summed E-state index contributed by atoms with van der Waals surface area (Å²) in [4.78, 5) is 6.76. The van der Waals surface area contributed by atoms with Crippen molar-refractivity contribution in [2.75, 3.05) is 32.1 Å². The Balaban J connectivity index is 1.55. The van der Waals surface area contributed by atoms with Crippen LogP contribution in [0.5, 0.6) is 0 Å². The number of nitrogens with one attached hydrogen (secondary N) is 2. The maximum atomic E-state index is 13.8. The van der Waals surface area contributed by atoms with E-state index in [2.05, 4.69) is 44.8 Å². The van der Waals surface area contributed by atoms with Crippen molar-refractivity contribution in [2.24, 2.45) is 4.99 Å². The molecule has 6 heteroatoms. The van der Waals surface area contributed by atoms with Crippen LogP contribution in [0.2, 0.25) is 0 Å². The summed E-state index contributed by atoms with van der Waals surface area (Å²) in [6.07, 6.45) is 2.25. The van der Waals surface area contributed by atoms with Gasteiger partial charge in [-0.2, -0.15) is 0 Å². The molecule has 2 aromatic carbocycles. The van der Waals surface area contributed by atoms with E-state index in [1.54, 1.807) is 20.2 Å². The maximum absolute atomic E-state index is 13.8. The van der Waals surface area contributed by atoms with Crippen LogP contribution in [0, 0.1) is 5.82 Å². The lowest BCUT2D eigenvalue weighted by molar-refractivity contribution is 0.181. The first-order chi connectivity index (χ1) is 13.7. The van der Waals surface area contributed by atoms with Gasteiger partial charge in [0, 0.05) is 51.1 Å². The Kier molecular flexibility index (Phi) is 7.25. The quantitative estimate of drug-likeness (QED) is 0.593. The van der Waals surface area contributed by atoms with Gasteiger partial charge in [-0.25, -0.2) is 4.39 Å². The zero-order valence-corrected chi connectivity index (χ0v) is 16.6. The molecule has 0 spiro atoms. The number of aliphatic imine (C=N–C) groups is 1. The van der Waals surface area contributed by atoms with E-state index in [4.69, 9.17) is 4.74 Å². The smallest absolute Gasteiger partial charge is 0.191 e. The van der Waals surface area contributed by atoms with E-state index in [0.717, 1.165) is 37.5 Å². The molecule has 3 rings (SSSR count). The zero-order chi connectivity index (χ0) is 19.8. The number of para-hydroxylation sites is 1. The van der Waals surface area contributed by atoms with Crippen molar-refractivity contribution in [2.45, 2.75) is 32.0 Å². The van der Waals surface area contributed by atoms with Crippen molar-refractivity contribution in [1.82, 2.24) is 10.6 Å². The molecular formula is C22H29FN4O. The Morgan fingerprint density at radius 3 is 2.82 bits per heavy atom. The average Bonchev–Trinajstić information content (AvgIpc) is 2.74. The first-order valence-corrected chi connectivity index (χ1v) is 9.73. The number of methoxy groups -OCH3 is 1. The van der Waals surface area contributed by atoms with Gasteiger partial charge in [0.15, 0.2) is 5.96 Å². The highest BCUT2D eigenvalue weighted by molar-refractivity contribution is 5.80. The Labute approximate surface area is 166 Å². The minimum Gasteiger partial charge on any atom is -0.380 e. The van der Waals surface area contributed by atoms with Gasteiger partial charge in [-0.3, -0.25) is 4.99 Å². The summed E-state index contributed by atoms with van der Waals surface area (Å²) in [5.74, 6) is 0.522. The van der Waals surface area contributed by atoms with Crippen LogP contribution in [-0.4, -0.2) is 39.2 Å². The number of rotatable bonds is 6. The number of halogens is 1. The molecule has 1 fully saturated rings. The van der Waals surface area contributed by atoms with Crippen molar-refractivity contribution in [3.8, 4) is 0 Å². The molecule has 0 aromatic heterocycles. The monoisotopic (exact) mass is 384 g/mol. The van der Waals surface area contributed by atoms with Crippen LogP contribution in [0.3, 0.4) is 0 Å². The van der Waals surface area contributed by atoms with Gasteiger partial charge >= 0.3 is 0 Å². The number of guanidine groups is 1. The van der Waals surface area contributed by atoms with Gasteiger partial charge in [0.1, 0.15) is 5.82 Å². The first-order valence-electron chi connectivity index (χ1n) is 9.73. The predicted octanol–water partition coefficient (Wildman–Crippen LogP) is 3.31. The number of piperidine rings is 1. The molecule has 0 amide bonds. The lowest BCUT2D eigenvalue weighted by Crippen LogP contribution is -2.51. The highest BCUT2D eigenvalue weighted by atomic mass is 19.1. The second kappa shape index (κ2) is 10.1. The van der Waals surface area contributed by atoms with Crippen molar-refractivity contribution >= 4 is 11.6 Å². The maximum Gasteiger partial charge on any atom is 0.191 e. The molecule has 5 nitrogen and oxygen atoms in total. The van der Waals surface area contributed by atoms with Gasteiger partial charge in [-0.15, -0.1) is 0 Å². The fourth-order valence-corrected chi connectivity index (χ4v) is 3.55. The molecule has 1 saturated heterocycles. The van der Waals surface area contributed by atoms with Crippen LogP contribution in [0.4, 0.5) is 10.1 Å². The third kappa shape index (κ3) is 5.45. The zero-order valence-electron chi connectivity index (χ0n) is 16.6. The molecule has 0 bridgehead atoms. The number of ether oxygens (including phenoxy) is 1. The molecular weight excluding hydrogens is 355 g/mol. The molecule has 1 aliphatic rings. The summed E-state index contributed by atoms with van der Waals surface area (Å²) in [5.41, 5.74) is 2.82. The second-order valence-corrected chi connectivity index (χ2v) is 7.05. The van der Waals surface area contributed by atoms with Crippen molar-refractivity contribution < 1.29 is 9.13 Å². The molecule has 28 heavy (non-hydrogen) atoms. The van der Waals surface area contributed by atoms with Gasteiger partial charge in [-0.05, 0) is 42.7 Å². The first kappa shape index (κ1) is 20.1. The Morgan fingerprint density at radius 1 is 1.25 bits per heavy atom. The fraction of sp³-hybridized carbons (Fsp3) is 0.409. The number of anilines is 1. The van der Waals surface area contributed by atoms with Crippen LogP contribution in [-0.2, 0) is 17.9 Å². The molecule has 2 N–H and O–H groups in total. The molecule has 1 aliphatic heterocycles. The van der Waals surface area contributed by atoms with Crippen LogP contribution >= 0.6 is 0 Å². The van der Waals surface area contributed by atoms with Gasteiger partial charge in [0.05, 0.1) is 6.61 Å². The van der Waals surface area contributed by atoms with E-state index < -0.39 is 0 Å². The third-order valence-corrected chi connectivity index (χ3v) is 4.98. The molecule has 1 heterocycles. The van der Waals surface area contributed by atoms with E-state index in [9.17, 15) is 4.39 Å².